The van der Waals surface area contributed by atoms with Crippen LogP contribution in [0.5, 0.6) is 0 Å². The fourth-order valence-corrected chi connectivity index (χ4v) is 3.82. The molecule has 0 aliphatic rings. The van der Waals surface area contributed by atoms with Crippen LogP contribution < -0.4 is 10.7 Å². The zero-order valence-electron chi connectivity index (χ0n) is 19.5. The van der Waals surface area contributed by atoms with Crippen LogP contribution in [0.25, 0.3) is 11.0 Å². The third-order valence-corrected chi connectivity index (χ3v) is 5.72. The second kappa shape index (κ2) is 9.77. The van der Waals surface area contributed by atoms with Crippen LogP contribution >= 0.6 is 0 Å². The number of hydrogen-bond donors (Lipinski definition) is 1. The predicted octanol–water partition coefficient (Wildman–Crippen LogP) is 5.16. The molecule has 0 aliphatic heterocycles. The number of benzene rings is 2. The summed E-state index contributed by atoms with van der Waals surface area (Å²) < 4.78 is 40.4. The number of nitrogens with zero attached hydrogens (tertiary/aromatic N) is 2. The highest BCUT2D eigenvalue weighted by atomic mass is 19.4. The van der Waals surface area contributed by atoms with Crippen LogP contribution in [0.15, 0.2) is 71.7 Å². The highest BCUT2D eigenvalue weighted by Crippen LogP contribution is 2.30. The lowest BCUT2D eigenvalue weighted by molar-refractivity contribution is -0.137. The summed E-state index contributed by atoms with van der Waals surface area (Å²) in [5, 5.41) is 2.60. The molecule has 2 aromatic heterocycles. The van der Waals surface area contributed by atoms with Crippen molar-refractivity contribution in [3.8, 4) is 0 Å². The Labute approximate surface area is 204 Å². The number of aromatic nitrogens is 2. The molecule has 4 aromatic rings. The second-order valence-corrected chi connectivity index (χ2v) is 8.33. The van der Waals surface area contributed by atoms with E-state index in [1.165, 1.54) is 29.0 Å². The molecule has 1 amide bonds. The molecule has 6 nitrogen and oxygen atoms in total. The van der Waals surface area contributed by atoms with Gasteiger partial charge >= 0.3 is 6.18 Å². The van der Waals surface area contributed by atoms with Crippen LogP contribution in [0.2, 0.25) is 0 Å². The lowest BCUT2D eigenvalue weighted by Gasteiger charge is -2.14. The van der Waals surface area contributed by atoms with E-state index in [2.05, 4.69) is 10.3 Å². The summed E-state index contributed by atoms with van der Waals surface area (Å²) >= 11 is 0. The fourth-order valence-electron chi connectivity index (χ4n) is 3.82. The molecular formula is C27H22F3N3O3. The minimum atomic E-state index is -4.55. The monoisotopic (exact) mass is 493 g/mol. The molecule has 4 rings (SSSR count). The fraction of sp³-hybridized carbons (Fsp3) is 0.185. The van der Waals surface area contributed by atoms with Gasteiger partial charge in [-0.1, -0.05) is 37.3 Å². The number of amides is 1. The van der Waals surface area contributed by atoms with Gasteiger partial charge in [0.1, 0.15) is 12.2 Å². The third-order valence-electron chi connectivity index (χ3n) is 5.72. The molecular weight excluding hydrogens is 471 g/mol. The summed E-state index contributed by atoms with van der Waals surface area (Å²) in [6.07, 6.45) is -2.48. The largest absolute Gasteiger partial charge is 0.416 e. The van der Waals surface area contributed by atoms with E-state index in [-0.39, 0.29) is 28.8 Å². The Morgan fingerprint density at radius 1 is 1.03 bits per heavy atom. The van der Waals surface area contributed by atoms with E-state index >= 15 is 0 Å². The summed E-state index contributed by atoms with van der Waals surface area (Å²) in [5.41, 5.74) is 0.559. The van der Waals surface area contributed by atoms with Crippen molar-refractivity contribution in [2.45, 2.75) is 33.0 Å². The average Bonchev–Trinajstić information content (AvgIpc) is 2.85. The van der Waals surface area contributed by atoms with Crippen molar-refractivity contribution in [1.29, 1.82) is 0 Å². The number of nitrogens with one attached hydrogen (secondary N) is 1. The number of pyridine rings is 2. The summed E-state index contributed by atoms with van der Waals surface area (Å²) in [6, 6.07) is 14.3. The predicted molar refractivity (Wildman–Crippen MR) is 130 cm³/mol. The van der Waals surface area contributed by atoms with Gasteiger partial charge in [0, 0.05) is 23.1 Å². The highest BCUT2D eigenvalue weighted by Gasteiger charge is 2.30. The standard InChI is InChI=1S/C27H22F3N3O3/c1-3-17-8-10-18(11-9-17)24(35)22-14-33(26-21(25(22)36)12-7-16(2)31-26)15-23(34)32-20-6-4-5-19(13-20)27(28,29)30/h4-14H,3,15H2,1-2H3,(H,32,34). The first-order valence-electron chi connectivity index (χ1n) is 11.2. The van der Waals surface area contributed by atoms with Gasteiger partial charge in [0.2, 0.25) is 11.3 Å². The van der Waals surface area contributed by atoms with Crippen molar-refractivity contribution in [1.82, 2.24) is 9.55 Å². The summed E-state index contributed by atoms with van der Waals surface area (Å²) in [4.78, 5) is 43.5. The van der Waals surface area contributed by atoms with Crippen LogP contribution in [-0.4, -0.2) is 21.2 Å². The molecule has 0 radical (unpaired) electrons. The zero-order chi connectivity index (χ0) is 26.0. The maximum Gasteiger partial charge on any atom is 0.416 e. The molecule has 0 unspecified atom stereocenters. The van der Waals surface area contributed by atoms with Gasteiger partial charge in [0.25, 0.3) is 0 Å². The number of aryl methyl sites for hydroxylation is 2. The van der Waals surface area contributed by atoms with E-state index < -0.39 is 28.9 Å². The molecule has 2 aromatic carbocycles. The first-order chi connectivity index (χ1) is 17.1. The number of rotatable bonds is 6. The van der Waals surface area contributed by atoms with Gasteiger partial charge < -0.3 is 9.88 Å². The molecule has 1 N–H and O–H groups in total. The quantitative estimate of drug-likeness (QED) is 0.377. The summed E-state index contributed by atoms with van der Waals surface area (Å²) in [6.45, 7) is 3.32. The third kappa shape index (κ3) is 5.19. The van der Waals surface area contributed by atoms with Crippen molar-refractivity contribution in [3.63, 3.8) is 0 Å². The Balaban J connectivity index is 1.71. The molecule has 0 fully saturated rings. The van der Waals surface area contributed by atoms with Crippen molar-refractivity contribution < 1.29 is 22.8 Å². The molecule has 0 aliphatic carbocycles. The van der Waals surface area contributed by atoms with Crippen LogP contribution in [-0.2, 0) is 23.9 Å². The average molecular weight is 493 g/mol. The first-order valence-corrected chi connectivity index (χ1v) is 11.2. The zero-order valence-corrected chi connectivity index (χ0v) is 19.5. The molecule has 0 saturated heterocycles. The normalized spacial score (nSPS) is 11.5. The maximum absolute atomic E-state index is 13.2. The number of halogens is 3. The van der Waals surface area contributed by atoms with Gasteiger partial charge in [-0.05, 0) is 49.2 Å². The molecule has 9 heteroatoms. The summed E-state index contributed by atoms with van der Waals surface area (Å²) in [7, 11) is 0. The Morgan fingerprint density at radius 2 is 1.75 bits per heavy atom. The molecule has 0 atom stereocenters. The van der Waals surface area contributed by atoms with E-state index in [0.29, 0.717) is 11.3 Å². The second-order valence-electron chi connectivity index (χ2n) is 8.33. The van der Waals surface area contributed by atoms with Gasteiger partial charge in [0.05, 0.1) is 16.5 Å². The van der Waals surface area contributed by atoms with Crippen molar-refractivity contribution >= 4 is 28.4 Å². The van der Waals surface area contributed by atoms with Crippen LogP contribution in [0.4, 0.5) is 18.9 Å². The number of anilines is 1. The Kier molecular flexibility index (Phi) is 6.74. The number of ketones is 1. The van der Waals surface area contributed by atoms with E-state index in [4.69, 9.17) is 0 Å². The summed E-state index contributed by atoms with van der Waals surface area (Å²) in [5.74, 6) is -1.15. The number of carbonyl (C=O) groups is 2. The van der Waals surface area contributed by atoms with Gasteiger partial charge in [0.15, 0.2) is 5.78 Å². The van der Waals surface area contributed by atoms with E-state index in [0.717, 1.165) is 24.1 Å². The SMILES string of the molecule is CCc1ccc(C(=O)c2cn(CC(=O)Nc3cccc(C(F)(F)F)c3)c3nc(C)ccc3c2=O)cc1. The number of hydrogen-bond acceptors (Lipinski definition) is 4. The lowest BCUT2D eigenvalue weighted by Crippen LogP contribution is -2.25. The Hall–Kier alpha value is -4.27. The molecule has 36 heavy (non-hydrogen) atoms. The van der Waals surface area contributed by atoms with Gasteiger partial charge in [-0.3, -0.25) is 14.4 Å². The topological polar surface area (TPSA) is 81.1 Å². The smallest absolute Gasteiger partial charge is 0.325 e. The molecule has 184 valence electrons. The Bertz CT molecular complexity index is 1520. The van der Waals surface area contributed by atoms with Gasteiger partial charge in [-0.25, -0.2) is 4.98 Å². The van der Waals surface area contributed by atoms with Crippen molar-refractivity contribution in [2.24, 2.45) is 0 Å². The van der Waals surface area contributed by atoms with Crippen LogP contribution in [0, 0.1) is 6.92 Å². The lowest BCUT2D eigenvalue weighted by atomic mass is 10.0. The van der Waals surface area contributed by atoms with E-state index in [9.17, 15) is 27.6 Å². The number of alkyl halides is 3. The first kappa shape index (κ1) is 24.8. The molecule has 2 heterocycles. The number of carbonyl (C=O) groups excluding carboxylic acids is 2. The maximum atomic E-state index is 13.2. The number of fused-ring (bicyclic) bond motifs is 1. The molecule has 0 spiro atoms. The highest BCUT2D eigenvalue weighted by molar-refractivity contribution is 6.10. The van der Waals surface area contributed by atoms with Crippen molar-refractivity contribution in [3.05, 3.63) is 105 Å². The molecule has 0 saturated carbocycles. The Morgan fingerprint density at radius 3 is 2.42 bits per heavy atom. The minimum absolute atomic E-state index is 0.0309. The van der Waals surface area contributed by atoms with Crippen LogP contribution in [0.1, 0.15) is 39.7 Å². The van der Waals surface area contributed by atoms with Crippen LogP contribution in [0.3, 0.4) is 0 Å². The molecule has 0 bridgehead atoms. The minimum Gasteiger partial charge on any atom is -0.325 e. The van der Waals surface area contributed by atoms with Crippen molar-refractivity contribution in [2.75, 3.05) is 5.32 Å². The van der Waals surface area contributed by atoms with E-state index in [1.807, 2.05) is 6.92 Å². The van der Waals surface area contributed by atoms with Gasteiger partial charge in [-0.2, -0.15) is 13.2 Å². The van der Waals surface area contributed by atoms with Gasteiger partial charge in [-0.15, -0.1) is 0 Å². The van der Waals surface area contributed by atoms with E-state index in [1.54, 1.807) is 37.3 Å².